The van der Waals surface area contributed by atoms with Crippen LogP contribution in [-0.4, -0.2) is 35.9 Å². The van der Waals surface area contributed by atoms with Gasteiger partial charge in [-0.1, -0.05) is 18.2 Å². The van der Waals surface area contributed by atoms with E-state index in [0.717, 1.165) is 4.90 Å². The minimum absolute atomic E-state index is 0.0392. The Balaban J connectivity index is 1.55. The first-order chi connectivity index (χ1) is 14.9. The van der Waals surface area contributed by atoms with Crippen LogP contribution in [-0.2, 0) is 4.74 Å². The van der Waals surface area contributed by atoms with Gasteiger partial charge in [0.1, 0.15) is 5.56 Å². The summed E-state index contributed by atoms with van der Waals surface area (Å²) in [7, 11) is 1.18. The lowest BCUT2D eigenvalue weighted by Gasteiger charge is -2.14. The first-order valence-electron chi connectivity index (χ1n) is 9.22. The van der Waals surface area contributed by atoms with Crippen LogP contribution in [0.5, 0.6) is 5.75 Å². The fourth-order valence-electron chi connectivity index (χ4n) is 3.30. The number of rotatable bonds is 4. The monoisotopic (exact) mass is 416 g/mol. The fraction of sp³-hybridized carbons (Fsp3) is 0.0435. The quantitative estimate of drug-likeness (QED) is 0.384. The molecule has 0 saturated heterocycles. The summed E-state index contributed by atoms with van der Waals surface area (Å²) in [6.45, 7) is 0. The van der Waals surface area contributed by atoms with E-state index in [4.69, 9.17) is 0 Å². The average Bonchev–Trinajstić information content (AvgIpc) is 3.05. The molecule has 0 atom stereocenters. The zero-order valence-corrected chi connectivity index (χ0v) is 16.3. The lowest BCUT2D eigenvalue weighted by atomic mass is 10.1. The molecule has 31 heavy (non-hydrogen) atoms. The van der Waals surface area contributed by atoms with E-state index in [2.05, 4.69) is 10.1 Å². The third-order valence-electron chi connectivity index (χ3n) is 4.87. The van der Waals surface area contributed by atoms with Crippen LogP contribution in [0.15, 0.2) is 66.7 Å². The summed E-state index contributed by atoms with van der Waals surface area (Å²) in [6, 6.07) is 16.7. The van der Waals surface area contributed by atoms with Crippen molar-refractivity contribution < 1.29 is 29.0 Å². The van der Waals surface area contributed by atoms with Gasteiger partial charge in [0.05, 0.1) is 29.6 Å². The summed E-state index contributed by atoms with van der Waals surface area (Å²) in [4.78, 5) is 50.5. The molecule has 0 radical (unpaired) electrons. The van der Waals surface area contributed by atoms with E-state index >= 15 is 0 Å². The zero-order chi connectivity index (χ0) is 22.1. The van der Waals surface area contributed by atoms with Gasteiger partial charge in [-0.3, -0.25) is 14.4 Å². The number of fused-ring (bicyclic) bond motifs is 1. The number of imide groups is 1. The Morgan fingerprint density at radius 2 is 1.48 bits per heavy atom. The number of ether oxygens (including phenoxy) is 1. The van der Waals surface area contributed by atoms with E-state index < -0.39 is 29.4 Å². The van der Waals surface area contributed by atoms with Crippen LogP contribution in [0.3, 0.4) is 0 Å². The van der Waals surface area contributed by atoms with Crippen LogP contribution in [0.2, 0.25) is 0 Å². The topological polar surface area (TPSA) is 113 Å². The van der Waals surface area contributed by atoms with Crippen LogP contribution in [0, 0.1) is 0 Å². The molecule has 0 fully saturated rings. The highest BCUT2D eigenvalue weighted by molar-refractivity contribution is 6.34. The van der Waals surface area contributed by atoms with Gasteiger partial charge >= 0.3 is 5.97 Å². The maximum Gasteiger partial charge on any atom is 0.341 e. The summed E-state index contributed by atoms with van der Waals surface area (Å²) in [6.07, 6.45) is 0. The molecule has 0 bridgehead atoms. The number of carbonyl (C=O) groups is 4. The van der Waals surface area contributed by atoms with Gasteiger partial charge in [-0.2, -0.15) is 0 Å². The van der Waals surface area contributed by atoms with Gasteiger partial charge in [0.2, 0.25) is 0 Å². The maximum atomic E-state index is 12.6. The Labute approximate surface area is 176 Å². The van der Waals surface area contributed by atoms with Crippen LogP contribution in [0.4, 0.5) is 11.4 Å². The third kappa shape index (κ3) is 3.40. The Hall–Kier alpha value is -4.46. The minimum atomic E-state index is -0.737. The number of nitrogens with one attached hydrogen (secondary N) is 1. The first-order valence-corrected chi connectivity index (χ1v) is 9.22. The smallest absolute Gasteiger partial charge is 0.341 e. The number of nitrogens with zero attached hydrogens (tertiary/aromatic N) is 1. The Morgan fingerprint density at radius 3 is 2.06 bits per heavy atom. The van der Waals surface area contributed by atoms with Crippen molar-refractivity contribution in [2.24, 2.45) is 0 Å². The highest BCUT2D eigenvalue weighted by Gasteiger charge is 2.36. The second-order valence-corrected chi connectivity index (χ2v) is 6.69. The number of amides is 3. The van der Waals surface area contributed by atoms with Crippen molar-refractivity contribution in [3.05, 3.63) is 89.0 Å². The Morgan fingerprint density at radius 1 is 0.871 bits per heavy atom. The zero-order valence-electron chi connectivity index (χ0n) is 16.3. The van der Waals surface area contributed by atoms with E-state index in [-0.39, 0.29) is 16.8 Å². The van der Waals surface area contributed by atoms with Crippen molar-refractivity contribution in [3.8, 4) is 5.75 Å². The van der Waals surface area contributed by atoms with Gasteiger partial charge in [0.15, 0.2) is 5.75 Å². The summed E-state index contributed by atoms with van der Waals surface area (Å²) in [5.74, 6) is -2.56. The molecular formula is C23H16N2O6. The average molecular weight is 416 g/mol. The summed E-state index contributed by atoms with van der Waals surface area (Å²) < 4.78 is 4.59. The number of esters is 1. The second-order valence-electron chi connectivity index (χ2n) is 6.69. The van der Waals surface area contributed by atoms with Gasteiger partial charge in [-0.25, -0.2) is 9.69 Å². The molecule has 8 nitrogen and oxygen atoms in total. The first kappa shape index (κ1) is 19.8. The van der Waals surface area contributed by atoms with Crippen LogP contribution in [0.1, 0.15) is 41.4 Å². The number of carbonyl (C=O) groups excluding carboxylic acids is 4. The van der Waals surface area contributed by atoms with Crippen LogP contribution < -0.4 is 10.2 Å². The molecule has 3 amide bonds. The molecule has 1 aliphatic heterocycles. The van der Waals surface area contributed by atoms with E-state index in [1.165, 1.54) is 49.6 Å². The number of aromatic hydroxyl groups is 1. The highest BCUT2D eigenvalue weighted by atomic mass is 16.5. The normalized spacial score (nSPS) is 12.5. The highest BCUT2D eigenvalue weighted by Crippen LogP contribution is 2.30. The summed E-state index contributed by atoms with van der Waals surface area (Å²) in [5.41, 5.74) is 1.17. The maximum absolute atomic E-state index is 12.6. The molecule has 154 valence electrons. The summed E-state index contributed by atoms with van der Waals surface area (Å²) >= 11 is 0. The minimum Gasteiger partial charge on any atom is -0.505 e. The van der Waals surface area contributed by atoms with Crippen molar-refractivity contribution in [1.82, 2.24) is 0 Å². The number of benzene rings is 3. The number of phenolic OH excluding ortho intramolecular Hbond substituents is 1. The van der Waals surface area contributed by atoms with Crippen molar-refractivity contribution in [3.63, 3.8) is 0 Å². The molecule has 8 heteroatoms. The third-order valence-corrected chi connectivity index (χ3v) is 4.87. The summed E-state index contributed by atoms with van der Waals surface area (Å²) in [5, 5.41) is 12.7. The van der Waals surface area contributed by atoms with Crippen LogP contribution >= 0.6 is 0 Å². The number of hydrogen-bond acceptors (Lipinski definition) is 6. The molecule has 2 N–H and O–H groups in total. The SMILES string of the molecule is COC(=O)c1cccc(NC(=O)c2ccc(N3C(=O)c4ccccc4C3=O)cc2)c1O. The van der Waals surface area contributed by atoms with E-state index in [1.54, 1.807) is 24.3 Å². The molecule has 0 unspecified atom stereocenters. The van der Waals surface area contributed by atoms with E-state index in [0.29, 0.717) is 16.8 Å². The van der Waals surface area contributed by atoms with E-state index in [1.807, 2.05) is 0 Å². The number of phenols is 1. The molecule has 4 rings (SSSR count). The molecule has 3 aromatic carbocycles. The molecule has 1 aliphatic rings. The Kier molecular flexibility index (Phi) is 4.96. The number of methoxy groups -OCH3 is 1. The van der Waals surface area contributed by atoms with Crippen molar-refractivity contribution >= 4 is 35.1 Å². The molecule has 0 saturated carbocycles. The standard InChI is InChI=1S/C23H16N2O6/c1-31-23(30)17-7-4-8-18(19(17)26)24-20(27)13-9-11-14(12-10-13)25-21(28)15-5-2-3-6-16(15)22(25)29/h2-12,26H,1H3,(H,24,27). The van der Waals surface area contributed by atoms with Gasteiger partial charge in [-0.15, -0.1) is 0 Å². The molecule has 0 spiro atoms. The predicted octanol–water partition coefficient (Wildman–Crippen LogP) is 3.23. The van der Waals surface area contributed by atoms with Crippen molar-refractivity contribution in [1.29, 1.82) is 0 Å². The van der Waals surface area contributed by atoms with E-state index in [9.17, 15) is 24.3 Å². The molecule has 0 aliphatic carbocycles. The van der Waals surface area contributed by atoms with Crippen molar-refractivity contribution in [2.75, 3.05) is 17.3 Å². The van der Waals surface area contributed by atoms with Crippen molar-refractivity contribution in [2.45, 2.75) is 0 Å². The molecule has 3 aromatic rings. The van der Waals surface area contributed by atoms with Crippen LogP contribution in [0.25, 0.3) is 0 Å². The lowest BCUT2D eigenvalue weighted by molar-refractivity contribution is 0.0597. The van der Waals surface area contributed by atoms with Gasteiger partial charge < -0.3 is 15.2 Å². The number of para-hydroxylation sites is 1. The fourth-order valence-corrected chi connectivity index (χ4v) is 3.30. The Bertz CT molecular complexity index is 1200. The lowest BCUT2D eigenvalue weighted by Crippen LogP contribution is -2.29. The second kappa shape index (κ2) is 7.75. The number of anilines is 2. The largest absolute Gasteiger partial charge is 0.505 e. The van der Waals surface area contributed by atoms with Gasteiger partial charge in [-0.05, 0) is 48.5 Å². The molecule has 0 aromatic heterocycles. The molecular weight excluding hydrogens is 400 g/mol. The van der Waals surface area contributed by atoms with Gasteiger partial charge in [0.25, 0.3) is 17.7 Å². The number of hydrogen-bond donors (Lipinski definition) is 2. The van der Waals surface area contributed by atoms with Gasteiger partial charge in [0, 0.05) is 5.56 Å². The predicted molar refractivity (Wildman–Crippen MR) is 111 cm³/mol. The molecule has 1 heterocycles.